The van der Waals surface area contributed by atoms with Gasteiger partial charge in [0.1, 0.15) is 5.82 Å². The number of pyridine rings is 1. The summed E-state index contributed by atoms with van der Waals surface area (Å²) in [6.45, 7) is 1.63. The van der Waals surface area contributed by atoms with E-state index in [9.17, 15) is 8.42 Å². The van der Waals surface area contributed by atoms with Crippen molar-refractivity contribution in [2.24, 2.45) is 0 Å². The van der Waals surface area contributed by atoms with Crippen LogP contribution in [0.3, 0.4) is 0 Å². The van der Waals surface area contributed by atoms with Crippen molar-refractivity contribution >= 4 is 21.5 Å². The van der Waals surface area contributed by atoms with Crippen molar-refractivity contribution < 1.29 is 8.42 Å². The minimum Gasteiger partial charge on any atom is -0.367 e. The van der Waals surface area contributed by atoms with E-state index >= 15 is 0 Å². The van der Waals surface area contributed by atoms with Gasteiger partial charge in [0.15, 0.2) is 0 Å². The maximum absolute atomic E-state index is 11.7. The second kappa shape index (κ2) is 4.52. The van der Waals surface area contributed by atoms with Gasteiger partial charge in [0, 0.05) is 13.1 Å². The Hall–Kier alpha value is -1.30. The van der Waals surface area contributed by atoms with E-state index in [0.717, 1.165) is 5.82 Å². The average molecular weight is 255 g/mol. The lowest BCUT2D eigenvalue weighted by atomic mass is 10.4. The van der Waals surface area contributed by atoms with Crippen molar-refractivity contribution in [1.29, 1.82) is 0 Å². The Morgan fingerprint density at radius 2 is 2.18 bits per heavy atom. The number of anilines is 2. The molecular formula is C11H17N3O2S. The number of nitrogens with zero attached hydrogens (tertiary/aromatic N) is 2. The molecule has 94 valence electrons. The first kappa shape index (κ1) is 12.2. The van der Waals surface area contributed by atoms with Gasteiger partial charge in [0.2, 0.25) is 10.0 Å². The molecule has 1 fully saturated rings. The van der Waals surface area contributed by atoms with Gasteiger partial charge in [-0.05, 0) is 31.9 Å². The van der Waals surface area contributed by atoms with Crippen LogP contribution in [0, 0.1) is 0 Å². The first-order valence-corrected chi connectivity index (χ1v) is 7.33. The van der Waals surface area contributed by atoms with Crippen LogP contribution in [0.15, 0.2) is 18.3 Å². The Kier molecular flexibility index (Phi) is 3.24. The first-order valence-electron chi connectivity index (χ1n) is 5.72. The van der Waals surface area contributed by atoms with Gasteiger partial charge in [-0.2, -0.15) is 0 Å². The van der Waals surface area contributed by atoms with Crippen LogP contribution in [0.5, 0.6) is 0 Å². The zero-order chi connectivity index (χ0) is 12.5. The van der Waals surface area contributed by atoms with Gasteiger partial charge >= 0.3 is 0 Å². The summed E-state index contributed by atoms with van der Waals surface area (Å²) in [5.41, 5.74) is 0.591. The summed E-state index contributed by atoms with van der Waals surface area (Å²) in [5.74, 6) is 0.893. The van der Waals surface area contributed by atoms with Gasteiger partial charge in [-0.15, -0.1) is 0 Å². The van der Waals surface area contributed by atoms with E-state index in [-0.39, 0.29) is 5.75 Å². The van der Waals surface area contributed by atoms with E-state index < -0.39 is 10.0 Å². The number of hydrogen-bond acceptors (Lipinski definition) is 4. The fraction of sp³-hybridized carbons (Fsp3) is 0.545. The Morgan fingerprint density at radius 1 is 1.47 bits per heavy atom. The highest BCUT2D eigenvalue weighted by molar-refractivity contribution is 7.92. The molecule has 0 unspecified atom stereocenters. The maximum atomic E-state index is 11.7. The predicted octanol–water partition coefficient (Wildman–Crippen LogP) is 1.44. The first-order chi connectivity index (χ1) is 8.03. The van der Waals surface area contributed by atoms with Gasteiger partial charge in [0.05, 0.1) is 17.6 Å². The lowest BCUT2D eigenvalue weighted by Crippen LogP contribution is -2.28. The molecule has 0 amide bonds. The Morgan fingerprint density at radius 3 is 2.65 bits per heavy atom. The van der Waals surface area contributed by atoms with Crippen LogP contribution in [0.25, 0.3) is 0 Å². The van der Waals surface area contributed by atoms with E-state index in [0.29, 0.717) is 11.7 Å². The summed E-state index contributed by atoms with van der Waals surface area (Å²) in [6, 6.07) is 4.13. The molecule has 0 spiro atoms. The molecular weight excluding hydrogens is 238 g/mol. The third-order valence-corrected chi connectivity index (χ3v) is 4.60. The van der Waals surface area contributed by atoms with Crippen molar-refractivity contribution in [3.8, 4) is 0 Å². The Balaban J connectivity index is 2.11. The van der Waals surface area contributed by atoms with E-state index in [1.54, 1.807) is 26.2 Å². The molecule has 6 heteroatoms. The molecule has 1 aromatic heterocycles. The van der Waals surface area contributed by atoms with Gasteiger partial charge in [-0.1, -0.05) is 0 Å². The van der Waals surface area contributed by atoms with E-state index in [1.807, 2.05) is 6.07 Å². The minimum absolute atomic E-state index is 0.0889. The zero-order valence-electron chi connectivity index (χ0n) is 10.0. The van der Waals surface area contributed by atoms with Crippen LogP contribution in [0.2, 0.25) is 0 Å². The van der Waals surface area contributed by atoms with E-state index in [2.05, 4.69) is 10.3 Å². The van der Waals surface area contributed by atoms with Crippen molar-refractivity contribution in [2.45, 2.75) is 25.8 Å². The molecule has 0 atom stereocenters. The Bertz CT molecular complexity index is 480. The summed E-state index contributed by atoms with van der Waals surface area (Å²) in [4.78, 5) is 4.21. The van der Waals surface area contributed by atoms with Crippen LogP contribution in [-0.2, 0) is 10.0 Å². The zero-order valence-corrected chi connectivity index (χ0v) is 10.9. The highest BCUT2D eigenvalue weighted by Gasteiger charge is 2.21. The highest BCUT2D eigenvalue weighted by atomic mass is 32.2. The molecule has 1 N–H and O–H groups in total. The van der Waals surface area contributed by atoms with Gasteiger partial charge in [-0.25, -0.2) is 13.4 Å². The molecule has 17 heavy (non-hydrogen) atoms. The monoisotopic (exact) mass is 255 g/mol. The van der Waals surface area contributed by atoms with Crippen molar-refractivity contribution in [2.75, 3.05) is 22.4 Å². The molecule has 1 aliphatic rings. The molecule has 5 nitrogen and oxygen atoms in total. The summed E-state index contributed by atoms with van der Waals surface area (Å²) in [5, 5.41) is 3.26. The molecule has 1 aliphatic carbocycles. The average Bonchev–Trinajstić information content (AvgIpc) is 3.13. The van der Waals surface area contributed by atoms with E-state index in [1.165, 1.54) is 17.1 Å². The summed E-state index contributed by atoms with van der Waals surface area (Å²) in [6.07, 6.45) is 3.96. The molecule has 0 bridgehead atoms. The smallest absolute Gasteiger partial charge is 0.234 e. The molecule has 0 saturated heterocycles. The molecule has 0 aromatic carbocycles. The molecule has 2 rings (SSSR count). The largest absolute Gasteiger partial charge is 0.367 e. The molecule has 1 aromatic rings. The van der Waals surface area contributed by atoms with Crippen molar-refractivity contribution in [1.82, 2.24) is 4.98 Å². The highest BCUT2D eigenvalue weighted by Crippen LogP contribution is 2.24. The van der Waals surface area contributed by atoms with Crippen LogP contribution >= 0.6 is 0 Å². The topological polar surface area (TPSA) is 62.3 Å². The standard InChI is InChI=1S/C11H17N3O2S/c1-3-17(15,16)14(2)10-6-7-11(12-8-10)13-9-4-5-9/h6-9H,3-5H2,1-2H3,(H,12,13). The lowest BCUT2D eigenvalue weighted by Gasteiger charge is -2.18. The second-order valence-corrected chi connectivity index (χ2v) is 6.48. The van der Waals surface area contributed by atoms with Crippen molar-refractivity contribution in [3.05, 3.63) is 18.3 Å². The van der Waals surface area contributed by atoms with Crippen LogP contribution in [-0.4, -0.2) is 32.2 Å². The number of sulfonamides is 1. The van der Waals surface area contributed by atoms with Crippen molar-refractivity contribution in [3.63, 3.8) is 0 Å². The molecule has 0 aliphatic heterocycles. The number of aromatic nitrogens is 1. The van der Waals surface area contributed by atoms with Gasteiger partial charge < -0.3 is 5.32 Å². The summed E-state index contributed by atoms with van der Waals surface area (Å²) < 4.78 is 24.6. The predicted molar refractivity (Wildman–Crippen MR) is 68.7 cm³/mol. The maximum Gasteiger partial charge on any atom is 0.234 e. The SMILES string of the molecule is CCS(=O)(=O)N(C)c1ccc(NC2CC2)nc1. The minimum atomic E-state index is -3.20. The fourth-order valence-corrected chi connectivity index (χ4v) is 2.27. The third kappa shape index (κ3) is 2.88. The summed E-state index contributed by atoms with van der Waals surface area (Å²) >= 11 is 0. The normalized spacial score (nSPS) is 15.6. The van der Waals surface area contributed by atoms with Gasteiger partial charge in [-0.3, -0.25) is 4.31 Å². The molecule has 0 radical (unpaired) electrons. The number of hydrogen-bond donors (Lipinski definition) is 1. The van der Waals surface area contributed by atoms with Gasteiger partial charge in [0.25, 0.3) is 0 Å². The third-order valence-electron chi connectivity index (χ3n) is 2.82. The van der Waals surface area contributed by atoms with Crippen LogP contribution in [0.1, 0.15) is 19.8 Å². The lowest BCUT2D eigenvalue weighted by molar-refractivity contribution is 0.595. The van der Waals surface area contributed by atoms with E-state index in [4.69, 9.17) is 0 Å². The number of rotatable bonds is 5. The molecule has 1 saturated carbocycles. The van der Waals surface area contributed by atoms with Crippen LogP contribution < -0.4 is 9.62 Å². The second-order valence-electron chi connectivity index (χ2n) is 4.19. The summed E-state index contributed by atoms with van der Waals surface area (Å²) in [7, 11) is -1.66. The fourth-order valence-electron chi connectivity index (χ4n) is 1.45. The molecule has 1 heterocycles. The quantitative estimate of drug-likeness (QED) is 0.865. The Labute approximate surface area is 102 Å². The van der Waals surface area contributed by atoms with Crippen LogP contribution in [0.4, 0.5) is 11.5 Å². The number of nitrogens with one attached hydrogen (secondary N) is 1.